The summed E-state index contributed by atoms with van der Waals surface area (Å²) in [7, 11) is 4.10. The molecule has 0 aliphatic heterocycles. The second-order valence-electron chi connectivity index (χ2n) is 4.86. The lowest BCUT2D eigenvalue weighted by Gasteiger charge is -2.13. The average molecular weight is 237 g/mol. The average Bonchev–Trinajstić information content (AvgIpc) is 2.76. The molecule has 3 heteroatoms. The van der Waals surface area contributed by atoms with Gasteiger partial charge in [-0.1, -0.05) is 0 Å². The van der Waals surface area contributed by atoms with E-state index in [0.717, 1.165) is 49.1 Å². The van der Waals surface area contributed by atoms with Crippen LogP contribution in [0.25, 0.3) is 0 Å². The zero-order valence-electron chi connectivity index (χ0n) is 10.6. The second kappa shape index (κ2) is 5.50. The van der Waals surface area contributed by atoms with Crippen molar-refractivity contribution in [2.45, 2.75) is 25.7 Å². The lowest BCUT2D eigenvalue weighted by molar-refractivity contribution is 0.279. The minimum atomic E-state index is -0.0712. The fraction of sp³-hybridized carbons (Fsp3) is 0.571. The lowest BCUT2D eigenvalue weighted by atomic mass is 10.1. The number of ether oxygens (including phenoxy) is 1. The highest BCUT2D eigenvalue weighted by molar-refractivity contribution is 5.43. The Kier molecular flexibility index (Phi) is 4.00. The van der Waals surface area contributed by atoms with Crippen LogP contribution in [-0.2, 0) is 12.8 Å². The minimum Gasteiger partial charge on any atom is -0.493 e. The van der Waals surface area contributed by atoms with Crippen molar-refractivity contribution in [2.75, 3.05) is 27.2 Å². The molecule has 0 spiro atoms. The Morgan fingerprint density at radius 3 is 2.76 bits per heavy atom. The van der Waals surface area contributed by atoms with Crippen LogP contribution in [0.2, 0.25) is 0 Å². The van der Waals surface area contributed by atoms with Crippen molar-refractivity contribution in [1.29, 1.82) is 0 Å². The van der Waals surface area contributed by atoms with Gasteiger partial charge in [-0.2, -0.15) is 0 Å². The largest absolute Gasteiger partial charge is 0.493 e. The van der Waals surface area contributed by atoms with E-state index < -0.39 is 0 Å². The normalized spacial score (nSPS) is 14.1. The maximum absolute atomic E-state index is 13.5. The van der Waals surface area contributed by atoms with Gasteiger partial charge in [-0.25, -0.2) is 4.39 Å². The maximum Gasteiger partial charge on any atom is 0.126 e. The van der Waals surface area contributed by atoms with Gasteiger partial charge in [-0.15, -0.1) is 0 Å². The molecular formula is C14H20FNO. The number of benzene rings is 1. The highest BCUT2D eigenvalue weighted by Crippen LogP contribution is 2.32. The van der Waals surface area contributed by atoms with Crippen molar-refractivity contribution in [1.82, 2.24) is 4.90 Å². The molecule has 94 valence electrons. The molecule has 1 aliphatic carbocycles. The van der Waals surface area contributed by atoms with Gasteiger partial charge in [-0.05, 0) is 57.5 Å². The van der Waals surface area contributed by atoms with Crippen molar-refractivity contribution < 1.29 is 9.13 Å². The minimum absolute atomic E-state index is 0.0712. The van der Waals surface area contributed by atoms with Gasteiger partial charge < -0.3 is 9.64 Å². The van der Waals surface area contributed by atoms with Crippen molar-refractivity contribution in [3.8, 4) is 5.75 Å². The van der Waals surface area contributed by atoms with E-state index in [2.05, 4.69) is 19.0 Å². The number of rotatable bonds is 5. The van der Waals surface area contributed by atoms with Crippen molar-refractivity contribution in [3.05, 3.63) is 29.1 Å². The Morgan fingerprint density at radius 1 is 1.24 bits per heavy atom. The highest BCUT2D eigenvalue weighted by atomic mass is 19.1. The van der Waals surface area contributed by atoms with Crippen molar-refractivity contribution in [3.63, 3.8) is 0 Å². The second-order valence-corrected chi connectivity index (χ2v) is 4.86. The summed E-state index contributed by atoms with van der Waals surface area (Å²) >= 11 is 0. The van der Waals surface area contributed by atoms with Crippen LogP contribution >= 0.6 is 0 Å². The molecule has 0 N–H and O–H groups in total. The van der Waals surface area contributed by atoms with Gasteiger partial charge in [0, 0.05) is 12.1 Å². The molecule has 0 heterocycles. The van der Waals surface area contributed by atoms with Crippen LogP contribution in [-0.4, -0.2) is 32.1 Å². The summed E-state index contributed by atoms with van der Waals surface area (Å²) < 4.78 is 19.3. The molecule has 17 heavy (non-hydrogen) atoms. The van der Waals surface area contributed by atoms with Crippen LogP contribution < -0.4 is 4.74 Å². The van der Waals surface area contributed by atoms with E-state index in [-0.39, 0.29) is 5.82 Å². The zero-order chi connectivity index (χ0) is 12.3. The van der Waals surface area contributed by atoms with Crippen LogP contribution in [0.15, 0.2) is 12.1 Å². The van der Waals surface area contributed by atoms with E-state index in [9.17, 15) is 4.39 Å². The first-order valence-electron chi connectivity index (χ1n) is 6.26. The van der Waals surface area contributed by atoms with Gasteiger partial charge in [0.15, 0.2) is 0 Å². The maximum atomic E-state index is 13.5. The van der Waals surface area contributed by atoms with E-state index in [1.54, 1.807) is 6.07 Å². The van der Waals surface area contributed by atoms with Crippen LogP contribution in [0.5, 0.6) is 5.75 Å². The number of hydrogen-bond donors (Lipinski definition) is 0. The monoisotopic (exact) mass is 237 g/mol. The zero-order valence-corrected chi connectivity index (χ0v) is 10.6. The van der Waals surface area contributed by atoms with Crippen molar-refractivity contribution in [2.24, 2.45) is 0 Å². The van der Waals surface area contributed by atoms with E-state index in [1.165, 1.54) is 6.07 Å². The molecule has 0 bridgehead atoms. The summed E-state index contributed by atoms with van der Waals surface area (Å²) in [5.74, 6) is 0.816. The number of nitrogens with zero attached hydrogens (tertiary/aromatic N) is 1. The molecule has 0 unspecified atom stereocenters. The molecule has 1 aliphatic rings. The van der Waals surface area contributed by atoms with Gasteiger partial charge in [0.2, 0.25) is 0 Å². The van der Waals surface area contributed by atoms with Crippen LogP contribution in [0.3, 0.4) is 0 Å². The molecule has 0 saturated heterocycles. The predicted octanol–water partition coefficient (Wildman–Crippen LogP) is 2.64. The third-order valence-electron chi connectivity index (χ3n) is 3.19. The van der Waals surface area contributed by atoms with Gasteiger partial charge in [0.1, 0.15) is 11.6 Å². The molecule has 0 fully saturated rings. The molecule has 2 nitrogen and oxygen atoms in total. The standard InChI is InChI=1S/C14H20FNO/c1-16(2)9-4-10-17-14-8-7-13(15)11-5-3-6-12(11)14/h7-8H,3-6,9-10H2,1-2H3. The van der Waals surface area contributed by atoms with Gasteiger partial charge in [0.05, 0.1) is 6.61 Å². The number of fused-ring (bicyclic) bond motifs is 1. The molecule has 0 amide bonds. The molecule has 2 rings (SSSR count). The Hall–Kier alpha value is -1.09. The first-order chi connectivity index (χ1) is 8.18. The quantitative estimate of drug-likeness (QED) is 0.730. The first kappa shape index (κ1) is 12.4. The van der Waals surface area contributed by atoms with Gasteiger partial charge in [-0.3, -0.25) is 0 Å². The molecule has 0 aromatic heterocycles. The Bertz CT molecular complexity index is 390. The summed E-state index contributed by atoms with van der Waals surface area (Å²) in [5.41, 5.74) is 1.96. The fourth-order valence-electron chi connectivity index (χ4n) is 2.33. The molecule has 0 saturated carbocycles. The molecule has 1 aromatic rings. The van der Waals surface area contributed by atoms with Gasteiger partial charge in [0.25, 0.3) is 0 Å². The van der Waals surface area contributed by atoms with Crippen LogP contribution in [0.4, 0.5) is 4.39 Å². The number of hydrogen-bond acceptors (Lipinski definition) is 2. The van der Waals surface area contributed by atoms with Crippen molar-refractivity contribution >= 4 is 0 Å². The summed E-state index contributed by atoms with van der Waals surface area (Å²) in [6, 6.07) is 3.31. The topological polar surface area (TPSA) is 12.5 Å². The first-order valence-corrected chi connectivity index (χ1v) is 6.26. The van der Waals surface area contributed by atoms with E-state index in [0.29, 0.717) is 6.61 Å². The van der Waals surface area contributed by atoms with Crippen LogP contribution in [0, 0.1) is 5.82 Å². The van der Waals surface area contributed by atoms with Crippen LogP contribution in [0.1, 0.15) is 24.0 Å². The highest BCUT2D eigenvalue weighted by Gasteiger charge is 2.19. The lowest BCUT2D eigenvalue weighted by Crippen LogP contribution is -2.15. The van der Waals surface area contributed by atoms with E-state index >= 15 is 0 Å². The molecule has 0 atom stereocenters. The fourth-order valence-corrected chi connectivity index (χ4v) is 2.33. The third-order valence-corrected chi connectivity index (χ3v) is 3.19. The Balaban J connectivity index is 1.95. The van der Waals surface area contributed by atoms with E-state index in [1.807, 2.05) is 0 Å². The number of halogens is 1. The SMILES string of the molecule is CN(C)CCCOc1ccc(F)c2c1CCC2. The third kappa shape index (κ3) is 2.97. The summed E-state index contributed by atoms with van der Waals surface area (Å²) in [6.45, 7) is 1.72. The summed E-state index contributed by atoms with van der Waals surface area (Å²) in [5, 5.41) is 0. The Morgan fingerprint density at radius 2 is 2.00 bits per heavy atom. The Labute approximate surface area is 102 Å². The summed E-state index contributed by atoms with van der Waals surface area (Å²) in [6.07, 6.45) is 3.86. The molecule has 1 aromatic carbocycles. The molecular weight excluding hydrogens is 217 g/mol. The van der Waals surface area contributed by atoms with Gasteiger partial charge >= 0.3 is 0 Å². The summed E-state index contributed by atoms with van der Waals surface area (Å²) in [4.78, 5) is 2.14. The predicted molar refractivity (Wildman–Crippen MR) is 67.1 cm³/mol. The van der Waals surface area contributed by atoms with E-state index in [4.69, 9.17) is 4.74 Å². The molecule has 0 radical (unpaired) electrons. The smallest absolute Gasteiger partial charge is 0.126 e.